The fourth-order valence-corrected chi connectivity index (χ4v) is 5.26. The first kappa shape index (κ1) is 23.3. The van der Waals surface area contributed by atoms with Crippen molar-refractivity contribution in [1.82, 2.24) is 15.1 Å². The van der Waals surface area contributed by atoms with Gasteiger partial charge in [0.05, 0.1) is 12.8 Å². The number of carbonyl (C=O) groups excluding carboxylic acids is 3. The Hall–Kier alpha value is -3.46. The van der Waals surface area contributed by atoms with Gasteiger partial charge in [0.1, 0.15) is 17.6 Å². The maximum atomic E-state index is 15.1. The van der Waals surface area contributed by atoms with Crippen LogP contribution in [0.3, 0.4) is 0 Å². The van der Waals surface area contributed by atoms with Crippen LogP contribution in [0.4, 0.5) is 10.1 Å². The van der Waals surface area contributed by atoms with Crippen molar-refractivity contribution in [3.05, 3.63) is 58.4 Å². The average molecular weight is 481 g/mol. The number of nitrogens with zero attached hydrogens (tertiary/aromatic N) is 3. The summed E-state index contributed by atoms with van der Waals surface area (Å²) in [5, 5.41) is 2.29. The van der Waals surface area contributed by atoms with Gasteiger partial charge in [0.25, 0.3) is 5.91 Å². The summed E-state index contributed by atoms with van der Waals surface area (Å²) >= 11 is 0. The minimum Gasteiger partial charge on any atom is -0.496 e. The molecule has 2 fully saturated rings. The zero-order valence-electron chi connectivity index (χ0n) is 20.0. The van der Waals surface area contributed by atoms with Crippen LogP contribution in [0.1, 0.15) is 39.9 Å². The van der Waals surface area contributed by atoms with Crippen LogP contribution in [0.5, 0.6) is 5.75 Å². The number of amides is 3. The summed E-state index contributed by atoms with van der Waals surface area (Å²) in [5.74, 6) is -0.719. The van der Waals surface area contributed by atoms with Gasteiger partial charge in [-0.25, -0.2) is 4.39 Å². The van der Waals surface area contributed by atoms with Gasteiger partial charge in [-0.05, 0) is 42.7 Å². The van der Waals surface area contributed by atoms with Crippen LogP contribution in [0.15, 0.2) is 30.3 Å². The van der Waals surface area contributed by atoms with E-state index in [0.717, 1.165) is 25.4 Å². The number of piperazine rings is 1. The number of ether oxygens (including phenoxy) is 1. The third kappa shape index (κ3) is 4.36. The lowest BCUT2D eigenvalue weighted by Gasteiger charge is -2.36. The highest BCUT2D eigenvalue weighted by Crippen LogP contribution is 2.33. The number of fused-ring (bicyclic) bond motifs is 1. The first-order chi connectivity index (χ1) is 16.9. The lowest BCUT2D eigenvalue weighted by molar-refractivity contribution is -0.136. The molecule has 35 heavy (non-hydrogen) atoms. The van der Waals surface area contributed by atoms with Crippen LogP contribution >= 0.6 is 0 Å². The van der Waals surface area contributed by atoms with Crippen molar-refractivity contribution in [2.75, 3.05) is 38.2 Å². The molecule has 0 aromatic heterocycles. The molecule has 2 saturated heterocycles. The molecule has 9 heteroatoms. The summed E-state index contributed by atoms with van der Waals surface area (Å²) in [4.78, 5) is 42.5. The smallest absolute Gasteiger partial charge is 0.255 e. The van der Waals surface area contributed by atoms with E-state index >= 15 is 4.39 Å². The number of carbonyl (C=O) groups is 3. The van der Waals surface area contributed by atoms with E-state index in [4.69, 9.17) is 4.74 Å². The summed E-state index contributed by atoms with van der Waals surface area (Å²) in [6.07, 6.45) is 0.474. The van der Waals surface area contributed by atoms with E-state index in [1.807, 2.05) is 17.0 Å². The Kier molecular flexibility index (Phi) is 6.19. The molecule has 0 spiro atoms. The van der Waals surface area contributed by atoms with E-state index in [-0.39, 0.29) is 31.2 Å². The molecule has 0 saturated carbocycles. The minimum atomic E-state index is -0.707. The molecule has 2 aromatic carbocycles. The Morgan fingerprint density at radius 2 is 1.89 bits per heavy atom. The molecule has 3 amide bonds. The maximum Gasteiger partial charge on any atom is 0.255 e. The highest BCUT2D eigenvalue weighted by atomic mass is 19.1. The monoisotopic (exact) mass is 480 g/mol. The molecule has 0 aliphatic carbocycles. The van der Waals surface area contributed by atoms with E-state index in [1.165, 1.54) is 22.1 Å². The van der Waals surface area contributed by atoms with Gasteiger partial charge in [-0.15, -0.1) is 0 Å². The number of piperidine rings is 1. The van der Waals surface area contributed by atoms with Crippen molar-refractivity contribution < 1.29 is 23.5 Å². The summed E-state index contributed by atoms with van der Waals surface area (Å²) < 4.78 is 20.7. The van der Waals surface area contributed by atoms with E-state index in [9.17, 15) is 14.4 Å². The molecular weight excluding hydrogens is 451 g/mol. The molecule has 1 unspecified atom stereocenters. The number of benzene rings is 2. The Labute approximate surface area is 203 Å². The number of hydrogen-bond donors (Lipinski definition) is 1. The van der Waals surface area contributed by atoms with Crippen LogP contribution in [-0.2, 0) is 22.7 Å². The summed E-state index contributed by atoms with van der Waals surface area (Å²) in [5.41, 5.74) is 3.83. The van der Waals surface area contributed by atoms with Crippen molar-refractivity contribution in [3.8, 4) is 5.75 Å². The minimum absolute atomic E-state index is 0.189. The van der Waals surface area contributed by atoms with Gasteiger partial charge in [0, 0.05) is 56.8 Å². The zero-order chi connectivity index (χ0) is 24.7. The van der Waals surface area contributed by atoms with Gasteiger partial charge in [-0.2, -0.15) is 0 Å². The molecule has 8 nitrogen and oxygen atoms in total. The first-order valence-corrected chi connectivity index (χ1v) is 11.9. The predicted molar refractivity (Wildman–Crippen MR) is 128 cm³/mol. The van der Waals surface area contributed by atoms with Gasteiger partial charge < -0.3 is 14.5 Å². The van der Waals surface area contributed by atoms with Crippen molar-refractivity contribution >= 4 is 23.4 Å². The van der Waals surface area contributed by atoms with E-state index in [1.54, 1.807) is 13.2 Å². The summed E-state index contributed by atoms with van der Waals surface area (Å²) in [6.45, 7) is 5.95. The topological polar surface area (TPSA) is 82.2 Å². The molecule has 0 bridgehead atoms. The lowest BCUT2D eigenvalue weighted by Crippen LogP contribution is -2.52. The van der Waals surface area contributed by atoms with Crippen LogP contribution in [0, 0.1) is 12.7 Å². The molecule has 3 heterocycles. The average Bonchev–Trinajstić information content (AvgIpc) is 3.15. The highest BCUT2D eigenvalue weighted by Gasteiger charge is 2.40. The number of anilines is 1. The second-order valence-electron chi connectivity index (χ2n) is 9.38. The third-order valence-electron chi connectivity index (χ3n) is 7.27. The molecule has 184 valence electrons. The molecule has 5 rings (SSSR count). The molecular formula is C26H29FN4O4. The van der Waals surface area contributed by atoms with E-state index in [2.05, 4.69) is 23.2 Å². The normalized spacial score (nSPS) is 20.8. The summed E-state index contributed by atoms with van der Waals surface area (Å²) in [7, 11) is 1.68. The number of hydrogen-bond acceptors (Lipinski definition) is 6. The van der Waals surface area contributed by atoms with E-state index < -0.39 is 17.8 Å². The SMILES string of the molecule is COc1cccc(C)c1CN1CCN(c2cc3c(cc2F)C(=O)N(C2CCC(=O)NC2=O)C3)CC1. The standard InChI is InChI=1S/C26H29FN4O4/c1-16-4-3-5-23(35-2)19(16)15-29-8-10-30(11-9-29)22-12-17-14-31(26(34)18(17)13-20(22)27)21-6-7-24(32)28-25(21)33/h3-5,12-13,21H,6-11,14-15H2,1-2H3,(H,28,32,33). The predicted octanol–water partition coefficient (Wildman–Crippen LogP) is 2.23. The zero-order valence-corrected chi connectivity index (χ0v) is 20.0. The van der Waals surface area contributed by atoms with Crippen LogP contribution in [0.2, 0.25) is 0 Å². The van der Waals surface area contributed by atoms with Crippen molar-refractivity contribution in [1.29, 1.82) is 0 Å². The lowest BCUT2D eigenvalue weighted by atomic mass is 10.0. The van der Waals surface area contributed by atoms with E-state index in [0.29, 0.717) is 29.9 Å². The van der Waals surface area contributed by atoms with Crippen LogP contribution in [-0.4, -0.2) is 66.9 Å². The van der Waals surface area contributed by atoms with Gasteiger partial charge >= 0.3 is 0 Å². The number of halogens is 1. The Balaban J connectivity index is 1.27. The Morgan fingerprint density at radius 3 is 2.60 bits per heavy atom. The second-order valence-corrected chi connectivity index (χ2v) is 9.38. The fraction of sp³-hybridized carbons (Fsp3) is 0.423. The quantitative estimate of drug-likeness (QED) is 0.661. The third-order valence-corrected chi connectivity index (χ3v) is 7.27. The van der Waals surface area contributed by atoms with Gasteiger partial charge in [-0.1, -0.05) is 12.1 Å². The van der Waals surface area contributed by atoms with Gasteiger partial charge in [0.15, 0.2) is 0 Å². The van der Waals surface area contributed by atoms with Gasteiger partial charge in [-0.3, -0.25) is 24.6 Å². The Bertz CT molecular complexity index is 1190. The number of aryl methyl sites for hydroxylation is 1. The maximum absolute atomic E-state index is 15.1. The van der Waals surface area contributed by atoms with Crippen LogP contribution < -0.4 is 15.0 Å². The second kappa shape index (κ2) is 9.30. The van der Waals surface area contributed by atoms with Crippen molar-refractivity contribution in [2.45, 2.75) is 38.9 Å². The van der Waals surface area contributed by atoms with Crippen LogP contribution in [0.25, 0.3) is 0 Å². The van der Waals surface area contributed by atoms with Crippen molar-refractivity contribution in [2.24, 2.45) is 0 Å². The molecule has 1 atom stereocenters. The molecule has 0 radical (unpaired) electrons. The molecule has 2 aromatic rings. The van der Waals surface area contributed by atoms with Crippen molar-refractivity contribution in [3.63, 3.8) is 0 Å². The number of imide groups is 1. The fourth-order valence-electron chi connectivity index (χ4n) is 5.26. The number of rotatable bonds is 5. The molecule has 3 aliphatic rings. The number of methoxy groups -OCH3 is 1. The summed E-state index contributed by atoms with van der Waals surface area (Å²) in [6, 6.07) is 8.36. The van der Waals surface area contributed by atoms with Gasteiger partial charge in [0.2, 0.25) is 11.8 Å². The first-order valence-electron chi connectivity index (χ1n) is 11.9. The Morgan fingerprint density at radius 1 is 1.11 bits per heavy atom. The highest BCUT2D eigenvalue weighted by molar-refractivity contribution is 6.05. The molecule has 3 aliphatic heterocycles. The number of nitrogens with one attached hydrogen (secondary N) is 1. The molecule has 1 N–H and O–H groups in total. The largest absolute Gasteiger partial charge is 0.496 e.